The van der Waals surface area contributed by atoms with Crippen LogP contribution in [0.1, 0.15) is 21.5 Å². The zero-order chi connectivity index (χ0) is 21.0. The molecular formula is C22H17NO5S. The van der Waals surface area contributed by atoms with E-state index in [0.717, 1.165) is 5.56 Å². The van der Waals surface area contributed by atoms with Gasteiger partial charge in [-0.15, -0.1) is 0 Å². The highest BCUT2D eigenvalue weighted by Gasteiger charge is 2.28. The van der Waals surface area contributed by atoms with Gasteiger partial charge in [0.05, 0.1) is 9.82 Å². The molecule has 3 rings (SSSR count). The number of ketones is 1. The van der Waals surface area contributed by atoms with Gasteiger partial charge in [-0.05, 0) is 42.8 Å². The van der Waals surface area contributed by atoms with Crippen molar-refractivity contribution >= 4 is 27.4 Å². The molecule has 0 radical (unpaired) electrons. The van der Waals surface area contributed by atoms with Gasteiger partial charge in [0.15, 0.2) is 0 Å². The van der Waals surface area contributed by atoms with E-state index in [2.05, 4.69) is 0 Å². The van der Waals surface area contributed by atoms with Crippen LogP contribution in [0.2, 0.25) is 0 Å². The fourth-order valence-corrected chi connectivity index (χ4v) is 4.09. The Morgan fingerprint density at radius 2 is 1.48 bits per heavy atom. The fourth-order valence-electron chi connectivity index (χ4n) is 2.68. The van der Waals surface area contributed by atoms with Crippen LogP contribution in [0.15, 0.2) is 88.7 Å². The summed E-state index contributed by atoms with van der Waals surface area (Å²) in [5.41, 5.74) is 1.36. The molecule has 0 spiro atoms. The average Bonchev–Trinajstić information content (AvgIpc) is 2.72. The first-order chi connectivity index (χ1) is 13.8. The van der Waals surface area contributed by atoms with Crippen molar-refractivity contribution in [2.45, 2.75) is 11.8 Å². The zero-order valence-electron chi connectivity index (χ0n) is 15.5. The van der Waals surface area contributed by atoms with Crippen LogP contribution in [0.5, 0.6) is 0 Å². The van der Waals surface area contributed by atoms with Crippen LogP contribution in [0.25, 0.3) is 6.08 Å². The smallest absolute Gasteiger partial charge is 0.269 e. The van der Waals surface area contributed by atoms with Gasteiger partial charge in [-0.2, -0.15) is 0 Å². The molecule has 6 nitrogen and oxygen atoms in total. The van der Waals surface area contributed by atoms with E-state index in [4.69, 9.17) is 0 Å². The van der Waals surface area contributed by atoms with E-state index in [1.165, 1.54) is 54.6 Å². The molecule has 0 fully saturated rings. The Kier molecular flexibility index (Phi) is 5.70. The molecule has 3 aromatic rings. The molecule has 0 aromatic heterocycles. The number of nitro benzene ring substituents is 1. The number of rotatable bonds is 6. The first-order valence-corrected chi connectivity index (χ1v) is 10.1. The van der Waals surface area contributed by atoms with Crippen LogP contribution >= 0.6 is 0 Å². The molecule has 0 saturated heterocycles. The van der Waals surface area contributed by atoms with E-state index < -0.39 is 25.4 Å². The number of hydrogen-bond donors (Lipinski definition) is 0. The van der Waals surface area contributed by atoms with E-state index in [1.54, 1.807) is 30.3 Å². The standard InChI is InChI=1S/C22H17NO5S/c1-16-7-13-20(14-8-16)29(27,28)21(22(24)18-5-3-2-4-6-18)15-17-9-11-19(12-10-17)23(25)26/h2-15H,1H3/b21-15-. The van der Waals surface area contributed by atoms with Crippen molar-refractivity contribution in [2.75, 3.05) is 0 Å². The Bertz CT molecular complexity index is 1180. The third-order valence-electron chi connectivity index (χ3n) is 4.28. The molecule has 0 aliphatic heterocycles. The van der Waals surface area contributed by atoms with Crippen molar-refractivity contribution in [1.29, 1.82) is 0 Å². The lowest BCUT2D eigenvalue weighted by atomic mass is 10.1. The topological polar surface area (TPSA) is 94.3 Å². The van der Waals surface area contributed by atoms with Crippen LogP contribution in [0.3, 0.4) is 0 Å². The van der Waals surface area contributed by atoms with Gasteiger partial charge in [-0.1, -0.05) is 48.0 Å². The first kappa shape index (κ1) is 20.2. The van der Waals surface area contributed by atoms with Gasteiger partial charge in [0.2, 0.25) is 15.6 Å². The largest absolute Gasteiger partial charge is 0.288 e. The van der Waals surface area contributed by atoms with Crippen LogP contribution in [0.4, 0.5) is 5.69 Å². The SMILES string of the molecule is Cc1ccc(S(=O)(=O)/C(=C\c2ccc([N+](=O)[O-])cc2)C(=O)c2ccccc2)cc1. The number of carbonyl (C=O) groups is 1. The molecule has 0 bridgehead atoms. The van der Waals surface area contributed by atoms with E-state index in [-0.39, 0.29) is 16.1 Å². The zero-order valence-corrected chi connectivity index (χ0v) is 16.3. The molecule has 7 heteroatoms. The maximum absolute atomic E-state index is 13.2. The summed E-state index contributed by atoms with van der Waals surface area (Å²) in [6.07, 6.45) is 1.24. The second kappa shape index (κ2) is 8.20. The molecule has 0 saturated carbocycles. The molecule has 0 amide bonds. The fraction of sp³-hybridized carbons (Fsp3) is 0.0455. The van der Waals surface area contributed by atoms with Crippen molar-refractivity contribution in [3.05, 3.63) is 111 Å². The Labute approximate surface area is 168 Å². The number of aryl methyl sites for hydroxylation is 1. The quantitative estimate of drug-likeness (QED) is 0.258. The molecule has 0 unspecified atom stereocenters. The number of allylic oxidation sites excluding steroid dienone is 1. The number of Topliss-reactive ketones (excluding diaryl/α,β-unsaturated/α-hetero) is 1. The lowest BCUT2D eigenvalue weighted by molar-refractivity contribution is -0.384. The molecule has 0 N–H and O–H groups in total. The lowest BCUT2D eigenvalue weighted by Crippen LogP contribution is -2.14. The molecule has 0 aliphatic carbocycles. The minimum Gasteiger partial charge on any atom is -0.288 e. The van der Waals surface area contributed by atoms with Gasteiger partial charge in [0.1, 0.15) is 4.91 Å². The van der Waals surface area contributed by atoms with Crippen molar-refractivity contribution < 1.29 is 18.1 Å². The van der Waals surface area contributed by atoms with Crippen LogP contribution in [0, 0.1) is 17.0 Å². The van der Waals surface area contributed by atoms with Crippen molar-refractivity contribution in [3.8, 4) is 0 Å². The predicted octanol–water partition coefficient (Wildman–Crippen LogP) is 4.60. The normalized spacial score (nSPS) is 11.8. The molecule has 0 heterocycles. The molecule has 0 aliphatic rings. The summed E-state index contributed by atoms with van der Waals surface area (Å²) in [5.74, 6) is -0.649. The highest BCUT2D eigenvalue weighted by Crippen LogP contribution is 2.26. The Morgan fingerprint density at radius 1 is 0.897 bits per heavy atom. The van der Waals surface area contributed by atoms with Gasteiger partial charge in [-0.25, -0.2) is 8.42 Å². The number of nitro groups is 1. The van der Waals surface area contributed by atoms with Crippen LogP contribution < -0.4 is 0 Å². The summed E-state index contributed by atoms with van der Waals surface area (Å²) in [5, 5.41) is 10.8. The highest BCUT2D eigenvalue weighted by molar-refractivity contribution is 7.96. The Balaban J connectivity index is 2.14. The Morgan fingerprint density at radius 3 is 2.03 bits per heavy atom. The highest BCUT2D eigenvalue weighted by atomic mass is 32.2. The molecule has 146 valence electrons. The molecule has 29 heavy (non-hydrogen) atoms. The van der Waals surface area contributed by atoms with Gasteiger partial charge >= 0.3 is 0 Å². The molecular weight excluding hydrogens is 390 g/mol. The predicted molar refractivity (Wildman–Crippen MR) is 110 cm³/mol. The average molecular weight is 407 g/mol. The summed E-state index contributed by atoms with van der Waals surface area (Å²) in [6.45, 7) is 1.83. The van der Waals surface area contributed by atoms with Gasteiger partial charge in [-0.3, -0.25) is 14.9 Å². The van der Waals surface area contributed by atoms with Crippen molar-refractivity contribution in [2.24, 2.45) is 0 Å². The van der Waals surface area contributed by atoms with Crippen molar-refractivity contribution in [1.82, 2.24) is 0 Å². The summed E-state index contributed by atoms with van der Waals surface area (Å²) in [6, 6.07) is 19.6. The monoisotopic (exact) mass is 407 g/mol. The van der Waals surface area contributed by atoms with E-state index in [0.29, 0.717) is 5.56 Å². The first-order valence-electron chi connectivity index (χ1n) is 8.67. The van der Waals surface area contributed by atoms with Crippen molar-refractivity contribution in [3.63, 3.8) is 0 Å². The number of hydrogen-bond acceptors (Lipinski definition) is 5. The maximum Gasteiger partial charge on any atom is 0.269 e. The second-order valence-corrected chi connectivity index (χ2v) is 8.29. The maximum atomic E-state index is 13.2. The summed E-state index contributed by atoms with van der Waals surface area (Å²) in [7, 11) is -4.11. The van der Waals surface area contributed by atoms with Crippen LogP contribution in [-0.2, 0) is 9.84 Å². The molecule has 3 aromatic carbocycles. The van der Waals surface area contributed by atoms with Gasteiger partial charge < -0.3 is 0 Å². The molecule has 0 atom stereocenters. The number of nitrogens with zero attached hydrogens (tertiary/aromatic N) is 1. The minimum absolute atomic E-state index is 0.000503. The number of non-ortho nitro benzene ring substituents is 1. The third kappa shape index (κ3) is 4.47. The minimum atomic E-state index is -4.11. The summed E-state index contributed by atoms with van der Waals surface area (Å²) in [4.78, 5) is 22.9. The summed E-state index contributed by atoms with van der Waals surface area (Å²) < 4.78 is 26.5. The third-order valence-corrected chi connectivity index (χ3v) is 6.06. The number of sulfone groups is 1. The second-order valence-electron chi connectivity index (χ2n) is 6.37. The van der Waals surface area contributed by atoms with E-state index in [9.17, 15) is 23.3 Å². The van der Waals surface area contributed by atoms with E-state index >= 15 is 0 Å². The van der Waals surface area contributed by atoms with E-state index in [1.807, 2.05) is 6.92 Å². The number of benzene rings is 3. The van der Waals surface area contributed by atoms with Gasteiger partial charge in [0, 0.05) is 17.7 Å². The van der Waals surface area contributed by atoms with Crippen LogP contribution in [-0.4, -0.2) is 19.1 Å². The Hall–Kier alpha value is -3.58. The van der Waals surface area contributed by atoms with Gasteiger partial charge in [0.25, 0.3) is 5.69 Å². The lowest BCUT2D eigenvalue weighted by Gasteiger charge is -2.10. The summed E-state index contributed by atoms with van der Waals surface area (Å²) >= 11 is 0. The number of carbonyl (C=O) groups excluding carboxylic acids is 1.